The van der Waals surface area contributed by atoms with Crippen molar-refractivity contribution < 1.29 is 32.2 Å². The van der Waals surface area contributed by atoms with Crippen molar-refractivity contribution in [2.75, 3.05) is 52.4 Å². The molecule has 0 unspecified atom stereocenters. The molecule has 2 fully saturated rings. The molecule has 0 radical (unpaired) electrons. The number of hydrogen-bond acceptors (Lipinski definition) is 6. The number of likely N-dealkylation sites (tertiary alicyclic amines) is 1. The summed E-state index contributed by atoms with van der Waals surface area (Å²) in [5.74, 6) is -1.25. The first-order valence-corrected chi connectivity index (χ1v) is 18.4. The first-order chi connectivity index (χ1) is 25.8. The fourth-order valence-corrected chi connectivity index (χ4v) is 7.32. The van der Waals surface area contributed by atoms with Gasteiger partial charge in [0.05, 0.1) is 6.61 Å². The van der Waals surface area contributed by atoms with Crippen LogP contribution in [0.4, 0.5) is 18.0 Å². The van der Waals surface area contributed by atoms with Crippen molar-refractivity contribution in [1.29, 1.82) is 0 Å². The lowest BCUT2D eigenvalue weighted by Gasteiger charge is -2.40. The van der Waals surface area contributed by atoms with Crippen molar-refractivity contribution >= 4 is 12.0 Å². The largest absolute Gasteiger partial charge is 0.493 e. The van der Waals surface area contributed by atoms with E-state index in [-0.39, 0.29) is 24.2 Å². The van der Waals surface area contributed by atoms with Gasteiger partial charge in [-0.3, -0.25) is 9.69 Å². The average molecular weight is 729 g/mol. The molecule has 1 N–H and O–H groups in total. The summed E-state index contributed by atoms with van der Waals surface area (Å²) >= 11 is 0. The Hall–Kier alpha value is -4.87. The van der Waals surface area contributed by atoms with Crippen molar-refractivity contribution in [2.45, 2.75) is 45.4 Å². The summed E-state index contributed by atoms with van der Waals surface area (Å²) in [5, 5.41) is 2.93. The van der Waals surface area contributed by atoms with Crippen LogP contribution in [-0.4, -0.2) is 85.2 Å². The molecule has 8 nitrogen and oxygen atoms in total. The number of alkyl carbamates (subject to hydrolysis) is 1. The van der Waals surface area contributed by atoms with E-state index in [0.717, 1.165) is 42.4 Å². The first kappa shape index (κ1) is 37.9. The summed E-state index contributed by atoms with van der Waals surface area (Å²) in [6.45, 7) is 6.96. The van der Waals surface area contributed by atoms with E-state index in [1.807, 2.05) is 61.5 Å². The number of nitrogens with one attached hydrogen (secondary N) is 1. The maximum Gasteiger partial charge on any atom is 0.408 e. The van der Waals surface area contributed by atoms with Gasteiger partial charge >= 0.3 is 6.09 Å². The Kier molecular flexibility index (Phi) is 13.0. The van der Waals surface area contributed by atoms with E-state index in [1.54, 1.807) is 17.0 Å². The lowest BCUT2D eigenvalue weighted by molar-refractivity contribution is -0.137. The van der Waals surface area contributed by atoms with Crippen molar-refractivity contribution in [3.63, 3.8) is 0 Å². The minimum atomic E-state index is -0.758. The molecule has 280 valence electrons. The third-order valence-electron chi connectivity index (χ3n) is 10.2. The van der Waals surface area contributed by atoms with Crippen LogP contribution in [0.5, 0.6) is 5.75 Å². The normalized spacial score (nSPS) is 16.3. The number of halogens is 3. The number of ether oxygens (including phenoxy) is 2. The molecule has 2 saturated heterocycles. The van der Waals surface area contributed by atoms with Gasteiger partial charge in [0, 0.05) is 50.9 Å². The van der Waals surface area contributed by atoms with Crippen molar-refractivity contribution in [3.8, 4) is 16.9 Å². The van der Waals surface area contributed by atoms with E-state index >= 15 is 0 Å². The highest BCUT2D eigenvalue weighted by Gasteiger charge is 2.37. The quantitative estimate of drug-likeness (QED) is 0.159. The molecule has 0 bridgehead atoms. The number of nitrogens with zero attached hydrogens (tertiary/aromatic N) is 3. The Bertz CT molecular complexity index is 1810. The summed E-state index contributed by atoms with van der Waals surface area (Å²) < 4.78 is 54.0. The predicted octanol–water partition coefficient (Wildman–Crippen LogP) is 7.06. The lowest BCUT2D eigenvalue weighted by Crippen LogP contribution is -2.58. The standard InChI is InChI=1S/C42H47F3N4O4/c1-2-52-39-14-8-13-38(45)37(39)28-48-21-23-49(24-22-48)41(50)40(46-42(51)53-29-30-9-4-3-5-10-30)32-16-19-47(20-17-32)18-15-31-11-6-7-12-36(31)33-25-34(43)27-35(44)26-33/h3-14,25-27,32,40H,2,15-24,28-29H2,1H3,(H,46,51)/t40-/m1/s1. The number of benzene rings is 4. The minimum absolute atomic E-state index is 0.0915. The van der Waals surface area contributed by atoms with Crippen LogP contribution in [-0.2, 0) is 29.1 Å². The number of piperidine rings is 1. The Balaban J connectivity index is 1.08. The number of carbonyl (C=O) groups is 2. The summed E-state index contributed by atoms with van der Waals surface area (Å²) in [4.78, 5) is 33.5. The molecular formula is C42H47F3N4O4. The smallest absolute Gasteiger partial charge is 0.408 e. The third-order valence-corrected chi connectivity index (χ3v) is 10.2. The van der Waals surface area contributed by atoms with Gasteiger partial charge in [0.2, 0.25) is 5.91 Å². The van der Waals surface area contributed by atoms with Crippen LogP contribution >= 0.6 is 0 Å². The third kappa shape index (κ3) is 10.2. The van der Waals surface area contributed by atoms with Gasteiger partial charge in [-0.25, -0.2) is 18.0 Å². The van der Waals surface area contributed by atoms with E-state index < -0.39 is 23.8 Å². The molecule has 4 aromatic rings. The molecule has 2 amide bonds. The molecule has 2 aliphatic rings. The SMILES string of the molecule is CCOc1cccc(F)c1CN1CCN(C(=O)[C@H](NC(=O)OCc2ccccc2)C2CCN(CCc3ccccc3-c3cc(F)cc(F)c3)CC2)CC1. The molecule has 0 saturated carbocycles. The highest BCUT2D eigenvalue weighted by Crippen LogP contribution is 2.28. The summed E-state index contributed by atoms with van der Waals surface area (Å²) in [6, 6.07) is 24.7. The van der Waals surface area contributed by atoms with E-state index in [4.69, 9.17) is 9.47 Å². The summed E-state index contributed by atoms with van der Waals surface area (Å²) in [5.41, 5.74) is 3.66. The summed E-state index contributed by atoms with van der Waals surface area (Å²) in [6.07, 6.45) is 1.44. The fraction of sp³-hybridized carbons (Fsp3) is 0.381. The second-order valence-electron chi connectivity index (χ2n) is 13.7. The Morgan fingerprint density at radius 3 is 2.23 bits per heavy atom. The van der Waals surface area contributed by atoms with Gasteiger partial charge in [-0.1, -0.05) is 60.7 Å². The van der Waals surface area contributed by atoms with Crippen LogP contribution in [0.15, 0.2) is 91.0 Å². The van der Waals surface area contributed by atoms with Crippen LogP contribution < -0.4 is 10.1 Å². The number of amides is 2. The van der Waals surface area contributed by atoms with Gasteiger partial charge < -0.3 is 24.6 Å². The van der Waals surface area contributed by atoms with Crippen LogP contribution in [0.1, 0.15) is 36.5 Å². The monoisotopic (exact) mass is 728 g/mol. The second kappa shape index (κ2) is 18.3. The van der Waals surface area contributed by atoms with E-state index in [0.29, 0.717) is 75.5 Å². The van der Waals surface area contributed by atoms with E-state index in [1.165, 1.54) is 18.2 Å². The van der Waals surface area contributed by atoms with Crippen LogP contribution in [0.3, 0.4) is 0 Å². The van der Waals surface area contributed by atoms with Gasteiger partial charge in [0.1, 0.15) is 35.8 Å². The number of piperazine rings is 1. The minimum Gasteiger partial charge on any atom is -0.493 e. The molecular weight excluding hydrogens is 681 g/mol. The fourth-order valence-electron chi connectivity index (χ4n) is 7.32. The van der Waals surface area contributed by atoms with Crippen molar-refractivity contribution in [1.82, 2.24) is 20.0 Å². The topological polar surface area (TPSA) is 74.3 Å². The molecule has 2 aliphatic heterocycles. The Labute approximate surface area is 309 Å². The zero-order chi connectivity index (χ0) is 37.2. The number of hydrogen-bond donors (Lipinski definition) is 1. The predicted molar refractivity (Wildman–Crippen MR) is 198 cm³/mol. The lowest BCUT2D eigenvalue weighted by atomic mass is 9.88. The Morgan fingerprint density at radius 2 is 1.51 bits per heavy atom. The molecule has 0 aliphatic carbocycles. The first-order valence-electron chi connectivity index (χ1n) is 18.4. The second-order valence-corrected chi connectivity index (χ2v) is 13.7. The van der Waals surface area contributed by atoms with Gasteiger partial charge in [-0.15, -0.1) is 0 Å². The van der Waals surface area contributed by atoms with E-state index in [2.05, 4.69) is 15.1 Å². The molecule has 2 heterocycles. The Morgan fingerprint density at radius 1 is 0.811 bits per heavy atom. The molecule has 1 atom stereocenters. The molecule has 4 aromatic carbocycles. The zero-order valence-electron chi connectivity index (χ0n) is 30.1. The average Bonchev–Trinajstić information content (AvgIpc) is 3.17. The maximum atomic E-state index is 14.8. The number of rotatable bonds is 13. The van der Waals surface area contributed by atoms with Crippen LogP contribution in [0.2, 0.25) is 0 Å². The highest BCUT2D eigenvalue weighted by molar-refractivity contribution is 5.86. The molecule has 0 aromatic heterocycles. The van der Waals surface area contributed by atoms with Gasteiger partial charge in [-0.05, 0) is 91.7 Å². The van der Waals surface area contributed by atoms with Crippen molar-refractivity contribution in [2.24, 2.45) is 5.92 Å². The highest BCUT2D eigenvalue weighted by atomic mass is 19.1. The van der Waals surface area contributed by atoms with Gasteiger partial charge in [0.25, 0.3) is 0 Å². The van der Waals surface area contributed by atoms with Crippen LogP contribution in [0, 0.1) is 23.4 Å². The zero-order valence-corrected chi connectivity index (χ0v) is 30.1. The summed E-state index contributed by atoms with van der Waals surface area (Å²) in [7, 11) is 0. The van der Waals surface area contributed by atoms with Crippen LogP contribution in [0.25, 0.3) is 11.1 Å². The van der Waals surface area contributed by atoms with E-state index in [9.17, 15) is 22.8 Å². The van der Waals surface area contributed by atoms with Gasteiger partial charge in [-0.2, -0.15) is 0 Å². The molecule has 0 spiro atoms. The van der Waals surface area contributed by atoms with Crippen molar-refractivity contribution in [3.05, 3.63) is 125 Å². The van der Waals surface area contributed by atoms with Gasteiger partial charge in [0.15, 0.2) is 0 Å². The molecule has 53 heavy (non-hydrogen) atoms. The molecule has 11 heteroatoms. The number of carbonyl (C=O) groups excluding carboxylic acids is 2. The maximum absolute atomic E-state index is 14.8. The molecule has 6 rings (SSSR count).